The van der Waals surface area contributed by atoms with Gasteiger partial charge in [-0.1, -0.05) is 78.9 Å². The summed E-state index contributed by atoms with van der Waals surface area (Å²) in [5.41, 5.74) is 4.24. The number of carbonyl (C=O) groups is 1. The molecular formula is C27H30N2O2. The minimum absolute atomic E-state index is 0.0610. The van der Waals surface area contributed by atoms with Gasteiger partial charge in [-0.2, -0.15) is 0 Å². The number of amides is 1. The predicted molar refractivity (Wildman–Crippen MR) is 126 cm³/mol. The first-order chi connectivity index (χ1) is 15.3. The highest BCUT2D eigenvalue weighted by molar-refractivity contribution is 5.95. The summed E-state index contributed by atoms with van der Waals surface area (Å²) in [7, 11) is 0. The van der Waals surface area contributed by atoms with Crippen LogP contribution in [-0.4, -0.2) is 36.5 Å². The van der Waals surface area contributed by atoms with Gasteiger partial charge in [-0.15, -0.1) is 0 Å². The van der Waals surface area contributed by atoms with Crippen LogP contribution in [0.15, 0.2) is 84.9 Å². The van der Waals surface area contributed by atoms with Crippen LogP contribution in [-0.2, 0) is 16.1 Å². The van der Waals surface area contributed by atoms with E-state index in [1.165, 1.54) is 5.56 Å². The van der Waals surface area contributed by atoms with E-state index in [-0.39, 0.29) is 5.91 Å². The maximum atomic E-state index is 12.6. The summed E-state index contributed by atoms with van der Waals surface area (Å²) in [6.45, 7) is 3.42. The summed E-state index contributed by atoms with van der Waals surface area (Å²) in [5, 5.41) is 3.11. The topological polar surface area (TPSA) is 41.6 Å². The van der Waals surface area contributed by atoms with E-state index in [4.69, 9.17) is 4.74 Å². The molecule has 0 radical (unpaired) electrons. The lowest BCUT2D eigenvalue weighted by Crippen LogP contribution is -2.38. The zero-order valence-electron chi connectivity index (χ0n) is 17.9. The number of nitrogens with zero attached hydrogens (tertiary/aromatic N) is 1. The fourth-order valence-corrected chi connectivity index (χ4v) is 4.02. The number of hydrogen-bond donors (Lipinski definition) is 1. The highest BCUT2D eigenvalue weighted by Crippen LogP contribution is 2.27. The van der Waals surface area contributed by atoms with Gasteiger partial charge in [-0.25, -0.2) is 0 Å². The van der Waals surface area contributed by atoms with E-state index in [2.05, 4.69) is 34.5 Å². The molecule has 1 amide bonds. The van der Waals surface area contributed by atoms with Gasteiger partial charge in [0.1, 0.15) is 0 Å². The summed E-state index contributed by atoms with van der Waals surface area (Å²) in [6.07, 6.45) is 2.85. The summed E-state index contributed by atoms with van der Waals surface area (Å²) < 4.78 is 6.07. The minimum Gasteiger partial charge on any atom is -0.373 e. The summed E-state index contributed by atoms with van der Waals surface area (Å²) >= 11 is 0. The summed E-state index contributed by atoms with van der Waals surface area (Å²) in [4.78, 5) is 15.0. The minimum atomic E-state index is 0.0610. The molecule has 0 aromatic heterocycles. The number of hydrogen-bond acceptors (Lipinski definition) is 3. The average molecular weight is 415 g/mol. The van der Waals surface area contributed by atoms with Crippen molar-refractivity contribution in [3.8, 4) is 11.1 Å². The van der Waals surface area contributed by atoms with Crippen LogP contribution in [0.2, 0.25) is 0 Å². The molecule has 1 aliphatic rings. The summed E-state index contributed by atoms with van der Waals surface area (Å²) in [6, 6.07) is 28.5. The van der Waals surface area contributed by atoms with E-state index in [0.717, 1.165) is 49.3 Å². The van der Waals surface area contributed by atoms with Gasteiger partial charge in [0.15, 0.2) is 0 Å². The van der Waals surface area contributed by atoms with Gasteiger partial charge < -0.3 is 15.0 Å². The molecule has 3 aromatic carbocycles. The molecule has 1 saturated heterocycles. The van der Waals surface area contributed by atoms with Crippen LogP contribution >= 0.6 is 0 Å². The Kier molecular flexibility index (Phi) is 7.48. The highest BCUT2D eigenvalue weighted by Gasteiger charge is 2.20. The third-order valence-electron chi connectivity index (χ3n) is 5.80. The molecule has 1 N–H and O–H groups in total. The molecule has 1 fully saturated rings. The SMILES string of the molecule is O=C(CCN1CCC(OCc2ccccc2)CC1)Nc1ccccc1-c1ccccc1. The monoisotopic (exact) mass is 414 g/mol. The van der Waals surface area contributed by atoms with Crippen LogP contribution in [0, 0.1) is 0 Å². The van der Waals surface area contributed by atoms with Crippen LogP contribution in [0.5, 0.6) is 0 Å². The Balaban J connectivity index is 1.21. The van der Waals surface area contributed by atoms with Crippen molar-refractivity contribution in [3.05, 3.63) is 90.5 Å². The fourth-order valence-electron chi connectivity index (χ4n) is 4.02. The lowest BCUT2D eigenvalue weighted by molar-refractivity contribution is -0.116. The van der Waals surface area contributed by atoms with Crippen LogP contribution in [0.1, 0.15) is 24.8 Å². The van der Waals surface area contributed by atoms with Gasteiger partial charge in [-0.05, 0) is 30.0 Å². The van der Waals surface area contributed by atoms with Crippen molar-refractivity contribution < 1.29 is 9.53 Å². The molecule has 160 valence electrons. The largest absolute Gasteiger partial charge is 0.373 e. The first kappa shape index (κ1) is 21.3. The Morgan fingerprint density at radius 1 is 0.871 bits per heavy atom. The van der Waals surface area contributed by atoms with Crippen molar-refractivity contribution in [2.75, 3.05) is 25.0 Å². The molecule has 0 aliphatic carbocycles. The molecule has 0 saturated carbocycles. The van der Waals surface area contributed by atoms with Crippen LogP contribution < -0.4 is 5.32 Å². The van der Waals surface area contributed by atoms with E-state index in [1.807, 2.05) is 60.7 Å². The Morgan fingerprint density at radius 2 is 1.52 bits per heavy atom. The quantitative estimate of drug-likeness (QED) is 0.539. The van der Waals surface area contributed by atoms with Crippen molar-refractivity contribution in [3.63, 3.8) is 0 Å². The Morgan fingerprint density at radius 3 is 2.26 bits per heavy atom. The van der Waals surface area contributed by atoms with Gasteiger partial charge in [0.05, 0.1) is 12.7 Å². The van der Waals surface area contributed by atoms with E-state index >= 15 is 0 Å². The highest BCUT2D eigenvalue weighted by atomic mass is 16.5. The van der Waals surface area contributed by atoms with Crippen molar-refractivity contribution in [2.45, 2.75) is 32.0 Å². The Hall–Kier alpha value is -2.95. The van der Waals surface area contributed by atoms with E-state index < -0.39 is 0 Å². The lowest BCUT2D eigenvalue weighted by atomic mass is 10.0. The van der Waals surface area contributed by atoms with Crippen LogP contribution in [0.3, 0.4) is 0 Å². The van der Waals surface area contributed by atoms with Gasteiger partial charge in [0, 0.05) is 37.3 Å². The van der Waals surface area contributed by atoms with Gasteiger partial charge in [-0.3, -0.25) is 4.79 Å². The van der Waals surface area contributed by atoms with Crippen molar-refractivity contribution in [1.29, 1.82) is 0 Å². The second-order valence-corrected chi connectivity index (χ2v) is 8.05. The van der Waals surface area contributed by atoms with Crippen LogP contribution in [0.25, 0.3) is 11.1 Å². The Labute approximate surface area is 184 Å². The molecule has 0 unspecified atom stereocenters. The first-order valence-electron chi connectivity index (χ1n) is 11.1. The number of anilines is 1. The maximum absolute atomic E-state index is 12.6. The average Bonchev–Trinajstić information content (AvgIpc) is 2.84. The number of ether oxygens (including phenoxy) is 1. The third-order valence-corrected chi connectivity index (χ3v) is 5.80. The normalized spacial score (nSPS) is 15.0. The molecule has 0 bridgehead atoms. The number of para-hydroxylation sites is 1. The Bertz CT molecular complexity index is 951. The molecule has 0 atom stereocenters. The molecule has 1 heterocycles. The number of benzene rings is 3. The molecule has 1 aliphatic heterocycles. The maximum Gasteiger partial charge on any atom is 0.225 e. The second kappa shape index (κ2) is 10.9. The number of nitrogens with one attached hydrogen (secondary N) is 1. The lowest BCUT2D eigenvalue weighted by Gasteiger charge is -2.31. The van der Waals surface area contributed by atoms with E-state index in [1.54, 1.807) is 0 Å². The molecule has 4 heteroatoms. The van der Waals surface area contributed by atoms with Crippen LogP contribution in [0.4, 0.5) is 5.69 Å². The van der Waals surface area contributed by atoms with Gasteiger partial charge in [0.25, 0.3) is 0 Å². The van der Waals surface area contributed by atoms with Gasteiger partial charge >= 0.3 is 0 Å². The second-order valence-electron chi connectivity index (χ2n) is 8.05. The first-order valence-corrected chi connectivity index (χ1v) is 11.1. The van der Waals surface area contributed by atoms with Crippen molar-refractivity contribution in [2.24, 2.45) is 0 Å². The standard InChI is InChI=1S/C27H30N2O2/c30-27(28-26-14-8-7-13-25(26)23-11-5-2-6-12-23)17-20-29-18-15-24(16-19-29)31-21-22-9-3-1-4-10-22/h1-14,24H,15-21H2,(H,28,30). The summed E-state index contributed by atoms with van der Waals surface area (Å²) in [5.74, 6) is 0.0610. The van der Waals surface area contributed by atoms with Gasteiger partial charge in [0.2, 0.25) is 5.91 Å². The number of carbonyl (C=O) groups excluding carboxylic acids is 1. The molecule has 3 aromatic rings. The fraction of sp³-hybridized carbons (Fsp3) is 0.296. The third kappa shape index (κ3) is 6.27. The van der Waals surface area contributed by atoms with Crippen molar-refractivity contribution >= 4 is 11.6 Å². The molecule has 0 spiro atoms. The molecule has 4 nitrogen and oxygen atoms in total. The molecule has 31 heavy (non-hydrogen) atoms. The smallest absolute Gasteiger partial charge is 0.225 e. The molecular weight excluding hydrogens is 384 g/mol. The number of likely N-dealkylation sites (tertiary alicyclic amines) is 1. The zero-order chi connectivity index (χ0) is 21.3. The van der Waals surface area contributed by atoms with E-state index in [0.29, 0.717) is 19.1 Å². The zero-order valence-corrected chi connectivity index (χ0v) is 17.9. The number of piperidine rings is 1. The molecule has 4 rings (SSSR count). The number of rotatable bonds is 8. The van der Waals surface area contributed by atoms with E-state index in [9.17, 15) is 4.79 Å². The predicted octanol–water partition coefficient (Wildman–Crippen LogP) is 5.36. The van der Waals surface area contributed by atoms with Crippen molar-refractivity contribution in [1.82, 2.24) is 4.90 Å².